The monoisotopic (exact) mass is 316 g/mol. The minimum absolute atomic E-state index is 0. The first-order valence-corrected chi connectivity index (χ1v) is 6.85. The first kappa shape index (κ1) is 17.9. The molecule has 0 aliphatic carbocycles. The van der Waals surface area contributed by atoms with E-state index in [1.165, 1.54) is 6.07 Å². The Balaban J connectivity index is 0.00000220. The highest BCUT2D eigenvalue weighted by molar-refractivity contribution is 5.94. The maximum absolute atomic E-state index is 13.7. The molecule has 1 fully saturated rings. The number of halogens is 2. The molecule has 1 atom stereocenters. The maximum Gasteiger partial charge on any atom is 0.254 e. The van der Waals surface area contributed by atoms with Crippen molar-refractivity contribution in [3.8, 4) is 0 Å². The zero-order valence-corrected chi connectivity index (χ0v) is 13.2. The Morgan fingerprint density at radius 3 is 2.90 bits per heavy atom. The Morgan fingerprint density at radius 1 is 1.52 bits per heavy atom. The maximum atomic E-state index is 13.7. The summed E-state index contributed by atoms with van der Waals surface area (Å²) in [6, 6.07) is 4.54. The van der Waals surface area contributed by atoms with Crippen molar-refractivity contribution in [3.05, 3.63) is 35.1 Å². The van der Waals surface area contributed by atoms with E-state index in [9.17, 15) is 9.18 Å². The van der Waals surface area contributed by atoms with Gasteiger partial charge in [0.05, 0.1) is 17.7 Å². The van der Waals surface area contributed by atoms with Crippen molar-refractivity contribution in [3.63, 3.8) is 0 Å². The lowest BCUT2D eigenvalue weighted by atomic mass is 9.98. The fraction of sp³-hybridized carbons (Fsp3) is 0.533. The van der Waals surface area contributed by atoms with Crippen molar-refractivity contribution in [2.75, 3.05) is 26.8 Å². The summed E-state index contributed by atoms with van der Waals surface area (Å²) in [5.41, 5.74) is 0.725. The van der Waals surface area contributed by atoms with E-state index in [2.05, 4.69) is 10.6 Å². The van der Waals surface area contributed by atoms with Gasteiger partial charge in [0.15, 0.2) is 0 Å². The van der Waals surface area contributed by atoms with Crippen molar-refractivity contribution in [2.45, 2.75) is 25.3 Å². The number of carbonyl (C=O) groups excluding carboxylic acids is 1. The molecule has 1 aromatic rings. The van der Waals surface area contributed by atoms with E-state index in [1.807, 2.05) is 6.92 Å². The number of nitrogens with one attached hydrogen (secondary N) is 2. The molecule has 0 spiro atoms. The summed E-state index contributed by atoms with van der Waals surface area (Å²) in [5.74, 6) is -0.872. The normalized spacial score (nSPS) is 20.9. The van der Waals surface area contributed by atoms with Gasteiger partial charge in [-0.15, -0.1) is 12.4 Å². The van der Waals surface area contributed by atoms with Gasteiger partial charge >= 0.3 is 0 Å². The average molecular weight is 317 g/mol. The number of rotatable bonds is 5. The van der Waals surface area contributed by atoms with Crippen LogP contribution in [0, 0.1) is 12.7 Å². The van der Waals surface area contributed by atoms with Crippen LogP contribution in [0.5, 0.6) is 0 Å². The van der Waals surface area contributed by atoms with Crippen molar-refractivity contribution < 1.29 is 13.9 Å². The molecule has 0 saturated carbocycles. The van der Waals surface area contributed by atoms with Crippen LogP contribution < -0.4 is 10.6 Å². The van der Waals surface area contributed by atoms with Crippen molar-refractivity contribution in [1.29, 1.82) is 0 Å². The summed E-state index contributed by atoms with van der Waals surface area (Å²) < 4.78 is 18.9. The van der Waals surface area contributed by atoms with Gasteiger partial charge in [-0.25, -0.2) is 4.39 Å². The summed E-state index contributed by atoms with van der Waals surface area (Å²) in [6.07, 6.45) is 2.00. The Labute approximate surface area is 130 Å². The Morgan fingerprint density at radius 2 is 2.29 bits per heavy atom. The molecule has 1 aromatic carbocycles. The lowest BCUT2D eigenvalue weighted by Gasteiger charge is -2.29. The first-order valence-electron chi connectivity index (χ1n) is 6.85. The number of hydrogen-bond acceptors (Lipinski definition) is 3. The third-order valence-corrected chi connectivity index (χ3v) is 3.71. The zero-order chi connectivity index (χ0) is 14.6. The molecular weight excluding hydrogens is 295 g/mol. The van der Waals surface area contributed by atoms with E-state index < -0.39 is 5.82 Å². The molecule has 2 N–H and O–H groups in total. The van der Waals surface area contributed by atoms with Gasteiger partial charge < -0.3 is 15.4 Å². The minimum Gasteiger partial charge on any atom is -0.383 e. The van der Waals surface area contributed by atoms with E-state index in [-0.39, 0.29) is 29.4 Å². The smallest absolute Gasteiger partial charge is 0.254 e. The standard InChI is InChI=1S/C15H21FN2O2.ClH/c1-11-4-5-13(16)12(8-11)14(19)17-9-15(10-20-2)6-3-7-18-15;/h4-5,8,18H,3,6-7,9-10H2,1-2H3,(H,17,19);1H. The molecule has 118 valence electrons. The summed E-state index contributed by atoms with van der Waals surface area (Å²) in [6.45, 7) is 3.72. The van der Waals surface area contributed by atoms with Crippen LogP contribution in [0.3, 0.4) is 0 Å². The lowest BCUT2D eigenvalue weighted by Crippen LogP contribution is -2.53. The van der Waals surface area contributed by atoms with Gasteiger partial charge in [0.25, 0.3) is 5.91 Å². The van der Waals surface area contributed by atoms with Gasteiger partial charge in [-0.1, -0.05) is 11.6 Å². The van der Waals surface area contributed by atoms with Gasteiger partial charge in [0.2, 0.25) is 0 Å². The van der Waals surface area contributed by atoms with Gasteiger partial charge in [0.1, 0.15) is 5.82 Å². The third kappa shape index (κ3) is 4.40. The Bertz CT molecular complexity index is 491. The SMILES string of the molecule is COCC1(CNC(=O)c2cc(C)ccc2F)CCCN1.Cl. The molecule has 0 aromatic heterocycles. The predicted octanol–water partition coefficient (Wildman–Crippen LogP) is 2.05. The zero-order valence-electron chi connectivity index (χ0n) is 12.4. The first-order chi connectivity index (χ1) is 9.56. The fourth-order valence-corrected chi connectivity index (χ4v) is 2.63. The van der Waals surface area contributed by atoms with Gasteiger partial charge in [-0.05, 0) is 38.4 Å². The second kappa shape index (κ2) is 7.73. The van der Waals surface area contributed by atoms with Crippen LogP contribution in [0.15, 0.2) is 18.2 Å². The fourth-order valence-electron chi connectivity index (χ4n) is 2.63. The number of methoxy groups -OCH3 is 1. The van der Waals surface area contributed by atoms with Crippen LogP contribution >= 0.6 is 12.4 Å². The Hall–Kier alpha value is -1.17. The number of aryl methyl sites for hydroxylation is 1. The van der Waals surface area contributed by atoms with Crippen LogP contribution in [-0.4, -0.2) is 38.3 Å². The highest BCUT2D eigenvalue weighted by Crippen LogP contribution is 2.19. The number of hydrogen-bond donors (Lipinski definition) is 2. The molecule has 1 amide bonds. The van der Waals surface area contributed by atoms with Crippen LogP contribution in [0.4, 0.5) is 4.39 Å². The highest BCUT2D eigenvalue weighted by Gasteiger charge is 2.34. The molecule has 1 heterocycles. The van der Waals surface area contributed by atoms with E-state index in [0.29, 0.717) is 13.2 Å². The number of amides is 1. The van der Waals surface area contributed by atoms with E-state index in [4.69, 9.17) is 4.74 Å². The molecule has 1 aliphatic heterocycles. The molecule has 4 nitrogen and oxygen atoms in total. The molecule has 2 rings (SSSR count). The molecule has 6 heteroatoms. The largest absolute Gasteiger partial charge is 0.383 e. The van der Waals surface area contributed by atoms with Crippen LogP contribution in [0.1, 0.15) is 28.8 Å². The topological polar surface area (TPSA) is 50.4 Å². The molecule has 1 unspecified atom stereocenters. The molecule has 0 radical (unpaired) electrons. The van der Waals surface area contributed by atoms with Gasteiger partial charge in [-0.2, -0.15) is 0 Å². The number of benzene rings is 1. The molecule has 1 saturated heterocycles. The van der Waals surface area contributed by atoms with Crippen molar-refractivity contribution in [2.24, 2.45) is 0 Å². The van der Waals surface area contributed by atoms with Crippen molar-refractivity contribution in [1.82, 2.24) is 10.6 Å². The van der Waals surface area contributed by atoms with E-state index >= 15 is 0 Å². The lowest BCUT2D eigenvalue weighted by molar-refractivity contribution is 0.0888. The van der Waals surface area contributed by atoms with E-state index in [0.717, 1.165) is 24.9 Å². The summed E-state index contributed by atoms with van der Waals surface area (Å²) in [5, 5.41) is 6.18. The third-order valence-electron chi connectivity index (χ3n) is 3.71. The van der Waals surface area contributed by atoms with Crippen LogP contribution in [0.25, 0.3) is 0 Å². The number of ether oxygens (including phenoxy) is 1. The number of carbonyl (C=O) groups is 1. The minimum atomic E-state index is -0.492. The summed E-state index contributed by atoms with van der Waals surface area (Å²) >= 11 is 0. The van der Waals surface area contributed by atoms with Crippen LogP contribution in [0.2, 0.25) is 0 Å². The quantitative estimate of drug-likeness (QED) is 0.874. The van der Waals surface area contributed by atoms with Gasteiger partial charge in [-0.3, -0.25) is 4.79 Å². The molecule has 0 bridgehead atoms. The summed E-state index contributed by atoms with van der Waals surface area (Å²) in [7, 11) is 1.64. The second-order valence-corrected chi connectivity index (χ2v) is 5.41. The molecular formula is C15H22ClFN2O2. The molecule has 21 heavy (non-hydrogen) atoms. The average Bonchev–Trinajstić information content (AvgIpc) is 2.88. The predicted molar refractivity (Wildman–Crippen MR) is 82.6 cm³/mol. The van der Waals surface area contributed by atoms with Crippen LogP contribution in [-0.2, 0) is 4.74 Å². The summed E-state index contributed by atoms with van der Waals surface area (Å²) in [4.78, 5) is 12.1. The highest BCUT2D eigenvalue weighted by atomic mass is 35.5. The van der Waals surface area contributed by atoms with Crippen molar-refractivity contribution >= 4 is 18.3 Å². The molecule has 1 aliphatic rings. The Kier molecular flexibility index (Phi) is 6.58. The van der Waals surface area contributed by atoms with E-state index in [1.54, 1.807) is 19.2 Å². The van der Waals surface area contributed by atoms with Gasteiger partial charge in [0, 0.05) is 13.7 Å². The second-order valence-electron chi connectivity index (χ2n) is 5.41.